The number of hydrogen-bond acceptors (Lipinski definition) is 3. The third kappa shape index (κ3) is 8.25. The van der Waals surface area contributed by atoms with Gasteiger partial charge >= 0.3 is 0 Å². The number of nitrogens with zero attached hydrogens (tertiary/aromatic N) is 2. The molecule has 1 heterocycles. The minimum Gasteiger partial charge on any atom is -0.356 e. The van der Waals surface area contributed by atoms with Crippen LogP contribution in [0.5, 0.6) is 0 Å². The van der Waals surface area contributed by atoms with Crippen LogP contribution in [0.15, 0.2) is 16.6 Å². The number of hydrogen-bond donors (Lipinski definition) is 2. The van der Waals surface area contributed by atoms with Gasteiger partial charge in [-0.05, 0) is 50.9 Å². The average Bonchev–Trinajstić information content (AvgIpc) is 2.58. The number of halogens is 1. The van der Waals surface area contributed by atoms with Crippen molar-refractivity contribution in [1.29, 1.82) is 0 Å². The second-order valence-corrected chi connectivity index (χ2v) is 8.83. The van der Waals surface area contributed by atoms with Gasteiger partial charge in [0.05, 0.1) is 6.26 Å². The number of allylic oxidation sites excluding steroid dienone is 1. The van der Waals surface area contributed by atoms with Gasteiger partial charge in [-0.25, -0.2) is 12.7 Å². The molecule has 1 aliphatic heterocycles. The average molecular weight is 484 g/mol. The topological polar surface area (TPSA) is 73.8 Å². The number of piperidine rings is 1. The van der Waals surface area contributed by atoms with Gasteiger partial charge in [-0.1, -0.05) is 11.6 Å². The van der Waals surface area contributed by atoms with E-state index in [0.29, 0.717) is 19.0 Å². The minimum atomic E-state index is -3.04. The van der Waals surface area contributed by atoms with Crippen LogP contribution in [0.3, 0.4) is 0 Å². The Morgan fingerprint density at radius 2 is 2.00 bits per heavy atom. The van der Waals surface area contributed by atoms with Gasteiger partial charge in [-0.15, -0.1) is 24.0 Å². The van der Waals surface area contributed by atoms with E-state index in [1.54, 1.807) is 16.9 Å². The van der Waals surface area contributed by atoms with Crippen molar-refractivity contribution in [3.05, 3.63) is 11.6 Å². The Morgan fingerprint density at radius 3 is 2.56 bits per heavy atom. The molecule has 0 atom stereocenters. The standard InChI is InChI=1S/C17H32N4O2S.HI/c1-18-17(19-11-8-15-6-4-3-5-7-15)20-14-16-9-12-21(13-10-16)24(2,22)23;/h6,16H,3-5,7-14H2,1-2H3,(H2,18,19,20);1H. The Kier molecular flexibility index (Phi) is 10.3. The minimum absolute atomic E-state index is 0. The van der Waals surface area contributed by atoms with Crippen LogP contribution in [-0.4, -0.2) is 58.2 Å². The highest BCUT2D eigenvalue weighted by molar-refractivity contribution is 14.0. The molecule has 0 unspecified atom stereocenters. The molecule has 0 bridgehead atoms. The van der Waals surface area contributed by atoms with Crippen LogP contribution in [0.2, 0.25) is 0 Å². The molecular formula is C17H33IN4O2S. The van der Waals surface area contributed by atoms with E-state index in [9.17, 15) is 8.42 Å². The molecule has 0 saturated carbocycles. The highest BCUT2D eigenvalue weighted by Crippen LogP contribution is 2.19. The van der Waals surface area contributed by atoms with Crippen LogP contribution in [0.25, 0.3) is 0 Å². The molecule has 146 valence electrons. The summed E-state index contributed by atoms with van der Waals surface area (Å²) in [6.45, 7) is 3.02. The maximum atomic E-state index is 11.5. The molecule has 2 rings (SSSR count). The van der Waals surface area contributed by atoms with Gasteiger partial charge in [0.15, 0.2) is 5.96 Å². The molecule has 0 spiro atoms. The smallest absolute Gasteiger partial charge is 0.211 e. The van der Waals surface area contributed by atoms with Gasteiger partial charge in [0.25, 0.3) is 0 Å². The van der Waals surface area contributed by atoms with E-state index < -0.39 is 10.0 Å². The molecular weight excluding hydrogens is 451 g/mol. The first-order valence-corrected chi connectivity index (χ1v) is 10.9. The lowest BCUT2D eigenvalue weighted by Crippen LogP contribution is -2.44. The summed E-state index contributed by atoms with van der Waals surface area (Å²) in [5.41, 5.74) is 1.57. The summed E-state index contributed by atoms with van der Waals surface area (Å²) < 4.78 is 24.6. The van der Waals surface area contributed by atoms with E-state index >= 15 is 0 Å². The predicted octanol–water partition coefficient (Wildman–Crippen LogP) is 2.33. The summed E-state index contributed by atoms with van der Waals surface area (Å²) in [4.78, 5) is 4.28. The van der Waals surface area contributed by atoms with Crippen molar-refractivity contribution in [2.75, 3.05) is 39.5 Å². The summed E-state index contributed by atoms with van der Waals surface area (Å²) in [5, 5.41) is 6.76. The zero-order valence-electron chi connectivity index (χ0n) is 15.5. The quantitative estimate of drug-likeness (QED) is 0.263. The lowest BCUT2D eigenvalue weighted by atomic mass is 9.97. The highest BCUT2D eigenvalue weighted by atomic mass is 127. The molecule has 0 amide bonds. The zero-order chi connectivity index (χ0) is 17.4. The van der Waals surface area contributed by atoms with E-state index in [1.165, 1.54) is 31.9 Å². The number of aliphatic imine (C=N–C) groups is 1. The summed E-state index contributed by atoms with van der Waals surface area (Å²) in [6.07, 6.45) is 11.7. The largest absolute Gasteiger partial charge is 0.356 e. The molecule has 0 aromatic heterocycles. The molecule has 6 nitrogen and oxygen atoms in total. The Labute approximate surface area is 170 Å². The summed E-state index contributed by atoms with van der Waals surface area (Å²) >= 11 is 0. The number of rotatable bonds is 6. The van der Waals surface area contributed by atoms with Gasteiger partial charge in [0.1, 0.15) is 0 Å². The first-order valence-electron chi connectivity index (χ1n) is 9.06. The van der Waals surface area contributed by atoms with Gasteiger partial charge in [-0.2, -0.15) is 0 Å². The lowest BCUT2D eigenvalue weighted by molar-refractivity contribution is 0.275. The number of sulfonamides is 1. The van der Waals surface area contributed by atoms with Crippen LogP contribution in [-0.2, 0) is 10.0 Å². The van der Waals surface area contributed by atoms with Gasteiger partial charge < -0.3 is 10.6 Å². The molecule has 25 heavy (non-hydrogen) atoms. The van der Waals surface area contributed by atoms with Gasteiger partial charge in [0, 0.05) is 33.2 Å². The van der Waals surface area contributed by atoms with Crippen molar-refractivity contribution >= 4 is 40.0 Å². The Morgan fingerprint density at radius 1 is 1.28 bits per heavy atom. The van der Waals surface area contributed by atoms with Crippen molar-refractivity contribution in [2.24, 2.45) is 10.9 Å². The number of guanidine groups is 1. The zero-order valence-corrected chi connectivity index (χ0v) is 18.6. The van der Waals surface area contributed by atoms with E-state index in [-0.39, 0.29) is 24.0 Å². The maximum Gasteiger partial charge on any atom is 0.211 e. The molecule has 0 radical (unpaired) electrons. The molecule has 0 aromatic carbocycles. The molecule has 1 fully saturated rings. The van der Waals surface area contributed by atoms with Gasteiger partial charge in [-0.3, -0.25) is 4.99 Å². The molecule has 2 N–H and O–H groups in total. The molecule has 1 saturated heterocycles. The molecule has 8 heteroatoms. The van der Waals surface area contributed by atoms with Crippen LogP contribution >= 0.6 is 24.0 Å². The van der Waals surface area contributed by atoms with E-state index in [0.717, 1.165) is 38.3 Å². The first-order chi connectivity index (χ1) is 11.5. The third-order valence-corrected chi connectivity index (χ3v) is 6.25. The van der Waals surface area contributed by atoms with Crippen molar-refractivity contribution in [1.82, 2.24) is 14.9 Å². The second kappa shape index (κ2) is 11.4. The monoisotopic (exact) mass is 484 g/mol. The van der Waals surface area contributed by atoms with Gasteiger partial charge in [0.2, 0.25) is 10.0 Å². The fourth-order valence-corrected chi connectivity index (χ4v) is 4.25. The van der Waals surface area contributed by atoms with Crippen LogP contribution in [0.4, 0.5) is 0 Å². The van der Waals surface area contributed by atoms with E-state index in [1.807, 2.05) is 0 Å². The summed E-state index contributed by atoms with van der Waals surface area (Å²) in [6, 6.07) is 0. The van der Waals surface area contributed by atoms with Crippen molar-refractivity contribution in [2.45, 2.75) is 44.9 Å². The van der Waals surface area contributed by atoms with Crippen molar-refractivity contribution in [3.63, 3.8) is 0 Å². The predicted molar refractivity (Wildman–Crippen MR) is 115 cm³/mol. The van der Waals surface area contributed by atoms with Crippen LogP contribution in [0, 0.1) is 5.92 Å². The molecule has 1 aliphatic carbocycles. The van der Waals surface area contributed by atoms with Crippen LogP contribution < -0.4 is 10.6 Å². The fraction of sp³-hybridized carbons (Fsp3) is 0.824. The summed E-state index contributed by atoms with van der Waals surface area (Å²) in [7, 11) is -1.24. The van der Waals surface area contributed by atoms with Crippen molar-refractivity contribution in [3.8, 4) is 0 Å². The maximum absolute atomic E-state index is 11.5. The Hall–Kier alpha value is -0.350. The van der Waals surface area contributed by atoms with Crippen molar-refractivity contribution < 1.29 is 8.42 Å². The molecule has 0 aromatic rings. The number of nitrogens with one attached hydrogen (secondary N) is 2. The van der Waals surface area contributed by atoms with Crippen LogP contribution in [0.1, 0.15) is 44.9 Å². The third-order valence-electron chi connectivity index (χ3n) is 4.95. The Bertz CT molecular complexity index is 555. The highest BCUT2D eigenvalue weighted by Gasteiger charge is 2.24. The van der Waals surface area contributed by atoms with E-state index in [2.05, 4.69) is 21.7 Å². The summed E-state index contributed by atoms with van der Waals surface area (Å²) in [5.74, 6) is 1.35. The fourth-order valence-electron chi connectivity index (χ4n) is 3.38. The second-order valence-electron chi connectivity index (χ2n) is 6.84. The van der Waals surface area contributed by atoms with E-state index in [4.69, 9.17) is 0 Å². The lowest BCUT2D eigenvalue weighted by Gasteiger charge is -2.30. The molecule has 2 aliphatic rings. The normalized spacial score (nSPS) is 20.6. The Balaban J connectivity index is 0.00000312. The SMILES string of the molecule is CN=C(NCCC1=CCCCC1)NCC1CCN(S(C)(=O)=O)CC1.I. The first kappa shape index (κ1) is 22.7.